The summed E-state index contributed by atoms with van der Waals surface area (Å²) in [5.41, 5.74) is 2.97. The lowest BCUT2D eigenvalue weighted by molar-refractivity contribution is 0.459. The van der Waals surface area contributed by atoms with Crippen LogP contribution in [-0.2, 0) is 23.0 Å². The first-order chi connectivity index (χ1) is 11.5. The van der Waals surface area contributed by atoms with E-state index in [0.29, 0.717) is 19.0 Å². The molecule has 0 amide bonds. The zero-order valence-corrected chi connectivity index (χ0v) is 15.0. The molecular formula is C17H24N4O2S. The molecule has 1 aliphatic rings. The molecule has 0 spiro atoms. The average molecular weight is 348 g/mol. The molecule has 0 aliphatic carbocycles. The normalized spacial score (nSPS) is 19.0. The molecule has 1 saturated heterocycles. The van der Waals surface area contributed by atoms with E-state index in [9.17, 15) is 8.42 Å². The number of aromatic nitrogens is 3. The van der Waals surface area contributed by atoms with Crippen LogP contribution in [0.2, 0.25) is 0 Å². The van der Waals surface area contributed by atoms with Gasteiger partial charge in [-0.1, -0.05) is 13.0 Å². The first kappa shape index (κ1) is 17.1. The minimum atomic E-state index is -3.08. The van der Waals surface area contributed by atoms with Gasteiger partial charge in [0.25, 0.3) is 0 Å². The smallest absolute Gasteiger partial charge is 0.211 e. The van der Waals surface area contributed by atoms with Gasteiger partial charge in [0.1, 0.15) is 0 Å². The Morgan fingerprint density at radius 3 is 2.83 bits per heavy atom. The molecule has 0 aromatic carbocycles. The van der Waals surface area contributed by atoms with Gasteiger partial charge in [0, 0.05) is 31.5 Å². The highest BCUT2D eigenvalue weighted by atomic mass is 32.2. The van der Waals surface area contributed by atoms with Crippen LogP contribution >= 0.6 is 0 Å². The average Bonchev–Trinajstić information content (AvgIpc) is 3.17. The van der Waals surface area contributed by atoms with Crippen molar-refractivity contribution < 1.29 is 8.42 Å². The lowest BCUT2D eigenvalue weighted by Crippen LogP contribution is -2.27. The van der Waals surface area contributed by atoms with Crippen LogP contribution < -0.4 is 0 Å². The largest absolute Gasteiger partial charge is 0.263 e. The minimum Gasteiger partial charge on any atom is -0.263 e. The molecule has 3 heterocycles. The lowest BCUT2D eigenvalue weighted by Gasteiger charge is -2.13. The van der Waals surface area contributed by atoms with Gasteiger partial charge in [-0.2, -0.15) is 5.10 Å². The van der Waals surface area contributed by atoms with Gasteiger partial charge < -0.3 is 0 Å². The molecule has 3 rings (SSSR count). The molecule has 130 valence electrons. The number of pyridine rings is 1. The molecule has 0 radical (unpaired) electrons. The summed E-state index contributed by atoms with van der Waals surface area (Å²) in [6, 6.07) is 8.03. The minimum absolute atomic E-state index is 0.336. The second-order valence-electron chi connectivity index (χ2n) is 6.43. The number of hydrogen-bond donors (Lipinski definition) is 0. The predicted octanol–water partition coefficient (Wildman–Crippen LogP) is 2.18. The van der Waals surface area contributed by atoms with E-state index in [4.69, 9.17) is 4.98 Å². The predicted molar refractivity (Wildman–Crippen MR) is 94.0 cm³/mol. The Hall–Kier alpha value is -1.73. The quantitative estimate of drug-likeness (QED) is 0.802. The second-order valence-corrected chi connectivity index (χ2v) is 8.42. The highest BCUT2D eigenvalue weighted by molar-refractivity contribution is 7.88. The van der Waals surface area contributed by atoms with Gasteiger partial charge >= 0.3 is 0 Å². The van der Waals surface area contributed by atoms with Gasteiger partial charge in [0.15, 0.2) is 0 Å². The van der Waals surface area contributed by atoms with Crippen molar-refractivity contribution in [1.29, 1.82) is 0 Å². The summed E-state index contributed by atoms with van der Waals surface area (Å²) in [4.78, 5) is 4.78. The highest BCUT2D eigenvalue weighted by Crippen LogP contribution is 2.23. The number of nitrogens with zero attached hydrogens (tertiary/aromatic N) is 4. The van der Waals surface area contributed by atoms with Crippen molar-refractivity contribution in [2.75, 3.05) is 19.3 Å². The van der Waals surface area contributed by atoms with Crippen LogP contribution in [0.15, 0.2) is 30.5 Å². The van der Waals surface area contributed by atoms with Crippen molar-refractivity contribution in [2.24, 2.45) is 5.92 Å². The fourth-order valence-corrected chi connectivity index (χ4v) is 4.16. The van der Waals surface area contributed by atoms with Crippen LogP contribution in [0, 0.1) is 5.92 Å². The summed E-state index contributed by atoms with van der Waals surface area (Å²) in [7, 11) is -3.08. The Bertz CT molecular complexity index is 800. The Labute approximate surface area is 143 Å². The van der Waals surface area contributed by atoms with E-state index in [0.717, 1.165) is 42.9 Å². The standard InChI is InChI=1S/C17H24N4O2S/c1-3-10-21-17(7-9-18-21)16-6-4-5-15(19-16)12-14-8-11-20(13-14)24(2,22)23/h4-7,9,14H,3,8,10-13H2,1-2H3/t14-/m1/s1. The van der Waals surface area contributed by atoms with E-state index < -0.39 is 10.0 Å². The van der Waals surface area contributed by atoms with E-state index in [1.54, 1.807) is 10.5 Å². The molecule has 2 aromatic rings. The van der Waals surface area contributed by atoms with E-state index in [1.165, 1.54) is 6.26 Å². The second kappa shape index (κ2) is 7.03. The third kappa shape index (κ3) is 3.84. The Kier molecular flexibility index (Phi) is 5.01. The van der Waals surface area contributed by atoms with Crippen molar-refractivity contribution in [3.05, 3.63) is 36.2 Å². The fourth-order valence-electron chi connectivity index (χ4n) is 3.24. The van der Waals surface area contributed by atoms with Crippen molar-refractivity contribution in [3.63, 3.8) is 0 Å². The fraction of sp³-hybridized carbons (Fsp3) is 0.529. The maximum absolute atomic E-state index is 11.6. The zero-order valence-electron chi connectivity index (χ0n) is 14.2. The summed E-state index contributed by atoms with van der Waals surface area (Å²) < 4.78 is 26.8. The maximum Gasteiger partial charge on any atom is 0.211 e. The third-order valence-electron chi connectivity index (χ3n) is 4.44. The van der Waals surface area contributed by atoms with Crippen molar-refractivity contribution >= 4 is 10.0 Å². The van der Waals surface area contributed by atoms with Gasteiger partial charge in [-0.3, -0.25) is 9.67 Å². The van der Waals surface area contributed by atoms with Crippen LogP contribution in [-0.4, -0.2) is 46.8 Å². The molecular weight excluding hydrogens is 324 g/mol. The first-order valence-corrected chi connectivity index (χ1v) is 10.3. The Morgan fingerprint density at radius 2 is 2.12 bits per heavy atom. The molecule has 2 aromatic heterocycles. The molecule has 1 atom stereocenters. The highest BCUT2D eigenvalue weighted by Gasteiger charge is 2.28. The third-order valence-corrected chi connectivity index (χ3v) is 5.71. The summed E-state index contributed by atoms with van der Waals surface area (Å²) in [6.45, 7) is 4.22. The SMILES string of the molecule is CCCn1nccc1-c1cccc(C[C@H]2CCN(S(C)(=O)=O)C2)n1. The molecule has 7 heteroatoms. The monoisotopic (exact) mass is 348 g/mol. The van der Waals surface area contributed by atoms with Crippen LogP contribution in [0.3, 0.4) is 0 Å². The molecule has 0 N–H and O–H groups in total. The van der Waals surface area contributed by atoms with Crippen LogP contribution in [0.5, 0.6) is 0 Å². The van der Waals surface area contributed by atoms with Crippen LogP contribution in [0.1, 0.15) is 25.5 Å². The summed E-state index contributed by atoms with van der Waals surface area (Å²) >= 11 is 0. The number of aryl methyl sites for hydroxylation is 1. The first-order valence-electron chi connectivity index (χ1n) is 8.40. The van der Waals surface area contributed by atoms with Crippen LogP contribution in [0.4, 0.5) is 0 Å². The Morgan fingerprint density at radius 1 is 1.29 bits per heavy atom. The van der Waals surface area contributed by atoms with E-state index >= 15 is 0 Å². The van der Waals surface area contributed by atoms with Gasteiger partial charge in [-0.05, 0) is 43.4 Å². The topological polar surface area (TPSA) is 68.1 Å². The van der Waals surface area contributed by atoms with Crippen LogP contribution in [0.25, 0.3) is 11.4 Å². The zero-order chi connectivity index (χ0) is 17.2. The molecule has 1 fully saturated rings. The van der Waals surface area contributed by atoms with Crippen molar-refractivity contribution in [1.82, 2.24) is 19.1 Å². The van der Waals surface area contributed by atoms with Crippen molar-refractivity contribution in [2.45, 2.75) is 32.7 Å². The number of hydrogen-bond acceptors (Lipinski definition) is 4. The van der Waals surface area contributed by atoms with Gasteiger partial charge in [-0.25, -0.2) is 12.7 Å². The molecule has 1 aliphatic heterocycles. The van der Waals surface area contributed by atoms with E-state index in [2.05, 4.69) is 12.0 Å². The number of rotatable bonds is 6. The van der Waals surface area contributed by atoms with E-state index in [1.807, 2.05) is 28.9 Å². The van der Waals surface area contributed by atoms with Crippen molar-refractivity contribution in [3.8, 4) is 11.4 Å². The van der Waals surface area contributed by atoms with Gasteiger partial charge in [0.2, 0.25) is 10.0 Å². The number of sulfonamides is 1. The van der Waals surface area contributed by atoms with Gasteiger partial charge in [-0.15, -0.1) is 0 Å². The summed E-state index contributed by atoms with van der Waals surface area (Å²) in [5, 5.41) is 4.36. The lowest BCUT2D eigenvalue weighted by atomic mass is 10.0. The maximum atomic E-state index is 11.6. The summed E-state index contributed by atoms with van der Waals surface area (Å²) in [6.07, 6.45) is 5.82. The molecule has 6 nitrogen and oxygen atoms in total. The summed E-state index contributed by atoms with van der Waals surface area (Å²) in [5.74, 6) is 0.336. The molecule has 0 bridgehead atoms. The van der Waals surface area contributed by atoms with E-state index in [-0.39, 0.29) is 0 Å². The Balaban J connectivity index is 1.73. The molecule has 0 unspecified atom stereocenters. The molecule has 24 heavy (non-hydrogen) atoms. The van der Waals surface area contributed by atoms with Gasteiger partial charge in [0.05, 0.1) is 17.6 Å². The molecule has 0 saturated carbocycles.